The van der Waals surface area contributed by atoms with Gasteiger partial charge in [-0.2, -0.15) is 5.26 Å². The Morgan fingerprint density at radius 2 is 1.52 bits per heavy atom. The van der Waals surface area contributed by atoms with Gasteiger partial charge < -0.3 is 10.6 Å². The lowest BCUT2D eigenvalue weighted by Gasteiger charge is -2.06. The molecule has 0 aliphatic heterocycles. The van der Waals surface area contributed by atoms with E-state index in [9.17, 15) is 9.59 Å². The van der Waals surface area contributed by atoms with Crippen molar-refractivity contribution in [3.63, 3.8) is 0 Å². The summed E-state index contributed by atoms with van der Waals surface area (Å²) in [6.45, 7) is 1.42. The van der Waals surface area contributed by atoms with Crippen LogP contribution < -0.4 is 10.6 Å². The van der Waals surface area contributed by atoms with Crippen LogP contribution in [0.3, 0.4) is 0 Å². The molecule has 0 unspecified atom stereocenters. The molecule has 23 heavy (non-hydrogen) atoms. The summed E-state index contributed by atoms with van der Waals surface area (Å²) in [5.74, 6) is -0.650. The van der Waals surface area contributed by atoms with Gasteiger partial charge in [-0.3, -0.25) is 9.59 Å². The highest BCUT2D eigenvalue weighted by Gasteiger charge is 2.09. The Bertz CT molecular complexity index is 772. The number of amides is 2. The van der Waals surface area contributed by atoms with Gasteiger partial charge in [-0.1, -0.05) is 30.3 Å². The van der Waals surface area contributed by atoms with Crippen LogP contribution >= 0.6 is 0 Å². The van der Waals surface area contributed by atoms with E-state index in [4.69, 9.17) is 5.26 Å². The van der Waals surface area contributed by atoms with E-state index in [1.54, 1.807) is 24.3 Å². The molecule has 5 heteroatoms. The molecule has 0 radical (unpaired) electrons. The number of benzene rings is 2. The number of carbonyl (C=O) groups excluding carboxylic acids is 2. The topological polar surface area (TPSA) is 82.0 Å². The fourth-order valence-electron chi connectivity index (χ4n) is 1.90. The summed E-state index contributed by atoms with van der Waals surface area (Å²) >= 11 is 0. The van der Waals surface area contributed by atoms with Crippen LogP contribution in [0.15, 0.2) is 60.2 Å². The number of rotatable bonds is 4. The van der Waals surface area contributed by atoms with Gasteiger partial charge in [0.05, 0.1) is 0 Å². The van der Waals surface area contributed by atoms with Crippen LogP contribution in [0.2, 0.25) is 0 Å². The number of nitrogens with one attached hydrogen (secondary N) is 2. The quantitative estimate of drug-likeness (QED) is 0.672. The van der Waals surface area contributed by atoms with Crippen LogP contribution in [-0.4, -0.2) is 11.8 Å². The molecule has 5 nitrogen and oxygen atoms in total. The number of anilines is 2. The molecule has 114 valence electrons. The summed E-state index contributed by atoms with van der Waals surface area (Å²) in [7, 11) is 0. The Kier molecular flexibility index (Phi) is 5.26. The highest BCUT2D eigenvalue weighted by molar-refractivity contribution is 6.09. The second-order valence-corrected chi connectivity index (χ2v) is 4.79. The highest BCUT2D eigenvalue weighted by Crippen LogP contribution is 2.15. The van der Waals surface area contributed by atoms with E-state index in [1.807, 2.05) is 36.4 Å². The van der Waals surface area contributed by atoms with Crippen LogP contribution in [0.25, 0.3) is 6.08 Å². The first-order valence-corrected chi connectivity index (χ1v) is 6.94. The monoisotopic (exact) mass is 305 g/mol. The van der Waals surface area contributed by atoms with Crippen molar-refractivity contribution in [2.24, 2.45) is 0 Å². The largest absolute Gasteiger partial charge is 0.326 e. The summed E-state index contributed by atoms with van der Waals surface area (Å²) < 4.78 is 0. The predicted molar refractivity (Wildman–Crippen MR) is 89.4 cm³/mol. The van der Waals surface area contributed by atoms with Crippen LogP contribution in [-0.2, 0) is 9.59 Å². The van der Waals surface area contributed by atoms with Gasteiger partial charge in [-0.05, 0) is 35.9 Å². The van der Waals surface area contributed by atoms with Gasteiger partial charge in [-0.25, -0.2) is 0 Å². The molecule has 2 N–H and O–H groups in total. The fourth-order valence-corrected chi connectivity index (χ4v) is 1.90. The first-order valence-electron chi connectivity index (χ1n) is 6.94. The molecule has 0 aliphatic rings. The molecular weight excluding hydrogens is 290 g/mol. The fraction of sp³-hybridized carbons (Fsp3) is 0.0556. The van der Waals surface area contributed by atoms with Gasteiger partial charge in [0, 0.05) is 18.3 Å². The Labute approximate surface area is 134 Å². The third kappa shape index (κ3) is 4.83. The molecule has 0 fully saturated rings. The van der Waals surface area contributed by atoms with Gasteiger partial charge in [0.1, 0.15) is 11.6 Å². The molecule has 0 saturated heterocycles. The van der Waals surface area contributed by atoms with Crippen molar-refractivity contribution in [1.82, 2.24) is 0 Å². The molecule has 0 spiro atoms. The van der Waals surface area contributed by atoms with Crippen LogP contribution in [0.5, 0.6) is 0 Å². The second-order valence-electron chi connectivity index (χ2n) is 4.79. The van der Waals surface area contributed by atoms with E-state index in [2.05, 4.69) is 10.6 Å². The summed E-state index contributed by atoms with van der Waals surface area (Å²) in [4.78, 5) is 23.1. The van der Waals surface area contributed by atoms with Crippen LogP contribution in [0.1, 0.15) is 12.5 Å². The molecule has 0 bridgehead atoms. The first-order chi connectivity index (χ1) is 11.1. The van der Waals surface area contributed by atoms with Gasteiger partial charge in [0.25, 0.3) is 5.91 Å². The Morgan fingerprint density at radius 3 is 2.04 bits per heavy atom. The van der Waals surface area contributed by atoms with E-state index < -0.39 is 5.91 Å². The SMILES string of the molecule is CC(=O)Nc1ccc(NC(=O)/C(C#N)=C/c2ccccc2)cc1. The third-order valence-electron chi connectivity index (χ3n) is 2.94. The lowest BCUT2D eigenvalue weighted by molar-refractivity contribution is -0.114. The Morgan fingerprint density at radius 1 is 0.957 bits per heavy atom. The molecule has 0 heterocycles. The zero-order chi connectivity index (χ0) is 16.7. The molecule has 2 amide bonds. The maximum atomic E-state index is 12.1. The lowest BCUT2D eigenvalue weighted by Crippen LogP contribution is -2.13. The maximum absolute atomic E-state index is 12.1. The molecule has 0 aliphatic carbocycles. The normalized spacial score (nSPS) is 10.5. The minimum absolute atomic E-state index is 0.0159. The van der Waals surface area contributed by atoms with Crippen LogP contribution in [0.4, 0.5) is 11.4 Å². The average Bonchev–Trinajstić information content (AvgIpc) is 2.55. The second kappa shape index (κ2) is 7.57. The van der Waals surface area contributed by atoms with Crippen molar-refractivity contribution in [3.05, 3.63) is 65.7 Å². The van der Waals surface area contributed by atoms with Crippen molar-refractivity contribution >= 4 is 29.3 Å². The lowest BCUT2D eigenvalue weighted by atomic mass is 10.1. The first kappa shape index (κ1) is 16.0. The smallest absolute Gasteiger partial charge is 0.266 e. The average molecular weight is 305 g/mol. The zero-order valence-corrected chi connectivity index (χ0v) is 12.5. The Hall–Kier alpha value is -3.39. The number of nitriles is 1. The van der Waals surface area contributed by atoms with Crippen molar-refractivity contribution in [2.45, 2.75) is 6.92 Å². The molecule has 2 rings (SSSR count). The van der Waals surface area contributed by atoms with E-state index in [0.717, 1.165) is 5.56 Å². The van der Waals surface area contributed by atoms with E-state index in [0.29, 0.717) is 11.4 Å². The van der Waals surface area contributed by atoms with Crippen molar-refractivity contribution in [3.8, 4) is 6.07 Å². The molecule has 0 saturated carbocycles. The van der Waals surface area contributed by atoms with Gasteiger partial charge in [-0.15, -0.1) is 0 Å². The number of hydrogen-bond acceptors (Lipinski definition) is 3. The zero-order valence-electron chi connectivity index (χ0n) is 12.5. The van der Waals surface area contributed by atoms with Crippen molar-refractivity contribution < 1.29 is 9.59 Å². The van der Waals surface area contributed by atoms with Crippen molar-refractivity contribution in [2.75, 3.05) is 10.6 Å². The van der Waals surface area contributed by atoms with Crippen molar-refractivity contribution in [1.29, 1.82) is 5.26 Å². The maximum Gasteiger partial charge on any atom is 0.266 e. The van der Waals surface area contributed by atoms with E-state index in [1.165, 1.54) is 13.0 Å². The molecular formula is C18H15N3O2. The van der Waals surface area contributed by atoms with E-state index in [-0.39, 0.29) is 11.5 Å². The summed E-state index contributed by atoms with van der Waals surface area (Å²) in [5, 5.41) is 14.4. The highest BCUT2D eigenvalue weighted by atomic mass is 16.2. The molecule has 2 aromatic rings. The summed E-state index contributed by atoms with van der Waals surface area (Å²) in [6.07, 6.45) is 1.53. The Balaban J connectivity index is 2.09. The molecule has 0 atom stereocenters. The minimum Gasteiger partial charge on any atom is -0.326 e. The third-order valence-corrected chi connectivity index (χ3v) is 2.94. The van der Waals surface area contributed by atoms with Gasteiger partial charge in [0.15, 0.2) is 0 Å². The standard InChI is InChI=1S/C18H15N3O2/c1-13(22)20-16-7-9-17(10-8-16)21-18(23)15(12-19)11-14-5-3-2-4-6-14/h2-11H,1H3,(H,20,22)(H,21,23)/b15-11+. The molecule has 2 aromatic carbocycles. The minimum atomic E-state index is -0.483. The van der Waals surface area contributed by atoms with E-state index >= 15 is 0 Å². The summed E-state index contributed by atoms with van der Waals surface area (Å²) in [5.41, 5.74) is 1.97. The van der Waals surface area contributed by atoms with Crippen LogP contribution in [0, 0.1) is 11.3 Å². The number of hydrogen-bond donors (Lipinski definition) is 2. The predicted octanol–water partition coefficient (Wildman–Crippen LogP) is 3.19. The number of carbonyl (C=O) groups is 2. The number of nitrogens with zero attached hydrogens (tertiary/aromatic N) is 1. The van der Waals surface area contributed by atoms with Gasteiger partial charge >= 0.3 is 0 Å². The molecule has 0 aromatic heterocycles. The van der Waals surface area contributed by atoms with Gasteiger partial charge in [0.2, 0.25) is 5.91 Å². The summed E-state index contributed by atoms with van der Waals surface area (Å²) in [6, 6.07) is 17.7.